The number of ether oxygens (including phenoxy) is 1. The summed E-state index contributed by atoms with van der Waals surface area (Å²) in [6.45, 7) is 3.32. The number of anilines is 2. The first-order valence-electron chi connectivity index (χ1n) is 20.4. The van der Waals surface area contributed by atoms with Crippen LogP contribution in [0.3, 0.4) is 0 Å². The van der Waals surface area contributed by atoms with Crippen LogP contribution in [-0.2, 0) is 34.3 Å². The summed E-state index contributed by atoms with van der Waals surface area (Å²) >= 11 is 0. The number of imide groups is 1. The highest BCUT2D eigenvalue weighted by atomic mass is 19.3. The molecule has 16 nitrogen and oxygen atoms in total. The largest absolute Gasteiger partial charge is 0.444 e. The molecule has 4 N–H and O–H groups in total. The molecule has 1 unspecified atom stereocenters. The Morgan fingerprint density at radius 1 is 1.00 bits per heavy atom. The standard InChI is InChI=1S/C43H46F2N10O6/c1-53-35-20-26(9-12-33(35)55(43(53)59)34-13-14-37(56)51-41(34)58)4-2-18-60-19-3-16-46-22-27-7-10-30(11-8-27)54-24-31(38(52-54)39(44)45)49-40(57)32-25-61-42(50-32)29-15-17-47-36(21-29)48-23-28-5-6-28/h7-12,15,17,20-21,24-25,28,34,39,46H,2-6,13-14,16,18-19,22-23H2,1H3,(H,47,48)(H,49,57)(H,51,56,58). The minimum atomic E-state index is -2.93. The van der Waals surface area contributed by atoms with Crippen LogP contribution in [0.25, 0.3) is 28.2 Å². The summed E-state index contributed by atoms with van der Waals surface area (Å²) in [6, 6.07) is 15.9. The van der Waals surface area contributed by atoms with Gasteiger partial charge in [0.1, 0.15) is 18.1 Å². The number of nitrogens with zero attached hydrogens (tertiary/aromatic N) is 6. The molecule has 18 heteroatoms. The molecule has 1 aliphatic carbocycles. The van der Waals surface area contributed by atoms with Crippen LogP contribution in [0, 0.1) is 5.92 Å². The van der Waals surface area contributed by atoms with Crippen molar-refractivity contribution in [2.24, 2.45) is 13.0 Å². The maximum atomic E-state index is 14.0. The monoisotopic (exact) mass is 836 g/mol. The Hall–Kier alpha value is -6.53. The van der Waals surface area contributed by atoms with Crippen molar-refractivity contribution in [3.05, 3.63) is 106 Å². The summed E-state index contributed by atoms with van der Waals surface area (Å²) in [5.74, 6) is 0.0456. The van der Waals surface area contributed by atoms with Gasteiger partial charge in [-0.1, -0.05) is 18.2 Å². The summed E-state index contributed by atoms with van der Waals surface area (Å²) in [5, 5.41) is 15.6. The number of hydrogen-bond donors (Lipinski definition) is 4. The molecule has 1 aliphatic heterocycles. The summed E-state index contributed by atoms with van der Waals surface area (Å²) < 4.78 is 43.8. The first-order chi connectivity index (χ1) is 29.6. The molecule has 1 saturated heterocycles. The maximum Gasteiger partial charge on any atom is 0.329 e. The number of alkyl halides is 2. The first-order valence-corrected chi connectivity index (χ1v) is 20.4. The van der Waals surface area contributed by atoms with Gasteiger partial charge < -0.3 is 25.1 Å². The molecule has 0 radical (unpaired) electrons. The Morgan fingerprint density at radius 2 is 1.80 bits per heavy atom. The van der Waals surface area contributed by atoms with E-state index in [-0.39, 0.29) is 35.3 Å². The SMILES string of the molecule is Cn1c(=O)n(C2CCC(=O)NC2=O)c2ccc(CCCOCCCNCc3ccc(-n4cc(NC(=O)c5coc(-c6ccnc(NCC7CC7)c6)n5)c(C(F)F)n4)cc3)cc21. The quantitative estimate of drug-likeness (QED) is 0.0579. The van der Waals surface area contributed by atoms with E-state index in [1.165, 1.54) is 39.1 Å². The van der Waals surface area contributed by atoms with E-state index in [9.17, 15) is 28.0 Å². The van der Waals surface area contributed by atoms with Crippen molar-refractivity contribution in [1.82, 2.24) is 39.5 Å². The van der Waals surface area contributed by atoms with Crippen LogP contribution in [0.1, 0.15) is 78.3 Å². The lowest BCUT2D eigenvalue weighted by atomic mass is 10.1. The Bertz CT molecular complexity index is 2590. The fourth-order valence-corrected chi connectivity index (χ4v) is 7.28. The van der Waals surface area contributed by atoms with Gasteiger partial charge in [-0.3, -0.25) is 28.8 Å². The molecule has 0 bridgehead atoms. The number of carbonyl (C=O) groups excluding carboxylic acids is 3. The van der Waals surface area contributed by atoms with Crippen LogP contribution in [0.4, 0.5) is 20.3 Å². The fourth-order valence-electron chi connectivity index (χ4n) is 7.28. The number of amides is 3. The molecule has 1 saturated carbocycles. The van der Waals surface area contributed by atoms with E-state index in [2.05, 4.69) is 36.3 Å². The number of nitrogens with one attached hydrogen (secondary N) is 4. The minimum Gasteiger partial charge on any atom is -0.444 e. The van der Waals surface area contributed by atoms with Gasteiger partial charge in [0.05, 0.1) is 28.6 Å². The van der Waals surface area contributed by atoms with Crippen molar-refractivity contribution in [3.8, 4) is 17.1 Å². The van der Waals surface area contributed by atoms with Crippen molar-refractivity contribution in [1.29, 1.82) is 0 Å². The number of hydrogen-bond acceptors (Lipinski definition) is 11. The molecule has 5 heterocycles. The average Bonchev–Trinajstić information content (AvgIpc) is 3.67. The lowest BCUT2D eigenvalue weighted by Crippen LogP contribution is -2.44. The number of fused-ring (bicyclic) bond motifs is 1. The molecule has 8 rings (SSSR count). The first kappa shape index (κ1) is 41.2. The van der Waals surface area contributed by atoms with E-state index in [0.717, 1.165) is 49.0 Å². The number of halogens is 2. The van der Waals surface area contributed by atoms with Gasteiger partial charge in [-0.15, -0.1) is 0 Å². The van der Waals surface area contributed by atoms with Crippen molar-refractivity contribution < 1.29 is 32.3 Å². The molecule has 318 valence electrons. The third kappa shape index (κ3) is 9.76. The third-order valence-corrected chi connectivity index (χ3v) is 10.8. The van der Waals surface area contributed by atoms with E-state index in [4.69, 9.17) is 9.15 Å². The molecule has 2 fully saturated rings. The molecule has 4 aromatic heterocycles. The van der Waals surface area contributed by atoms with E-state index in [1.54, 1.807) is 37.5 Å². The fraction of sp³-hybridized carbons (Fsp3) is 0.372. The van der Waals surface area contributed by atoms with Crippen LogP contribution in [-0.4, -0.2) is 72.9 Å². The van der Waals surface area contributed by atoms with E-state index >= 15 is 0 Å². The Kier molecular flexibility index (Phi) is 12.4. The number of pyridine rings is 1. The van der Waals surface area contributed by atoms with Gasteiger partial charge in [0, 0.05) is 51.5 Å². The summed E-state index contributed by atoms with van der Waals surface area (Å²) in [6.07, 6.45) is 6.47. The van der Waals surface area contributed by atoms with Gasteiger partial charge in [-0.05, 0) is 98.5 Å². The van der Waals surface area contributed by atoms with Crippen molar-refractivity contribution in [3.63, 3.8) is 0 Å². The minimum absolute atomic E-state index is 0.0703. The number of imidazole rings is 1. The zero-order valence-electron chi connectivity index (χ0n) is 33.5. The molecule has 1 atom stereocenters. The number of aromatic nitrogens is 6. The second-order valence-electron chi connectivity index (χ2n) is 15.3. The molecule has 61 heavy (non-hydrogen) atoms. The second-order valence-corrected chi connectivity index (χ2v) is 15.3. The molecule has 2 aliphatic rings. The Balaban J connectivity index is 0.760. The lowest BCUT2D eigenvalue weighted by molar-refractivity contribution is -0.135. The van der Waals surface area contributed by atoms with Crippen LogP contribution in [0.2, 0.25) is 0 Å². The van der Waals surface area contributed by atoms with Gasteiger partial charge in [0.15, 0.2) is 11.4 Å². The number of carbonyl (C=O) groups is 3. The third-order valence-electron chi connectivity index (χ3n) is 10.8. The van der Waals surface area contributed by atoms with Crippen LogP contribution < -0.4 is 27.0 Å². The number of benzene rings is 2. The van der Waals surface area contributed by atoms with E-state index in [0.29, 0.717) is 54.7 Å². The van der Waals surface area contributed by atoms with Gasteiger partial charge in [0.2, 0.25) is 17.7 Å². The highest BCUT2D eigenvalue weighted by molar-refractivity contribution is 6.03. The number of oxazole rings is 1. The highest BCUT2D eigenvalue weighted by Gasteiger charge is 2.31. The van der Waals surface area contributed by atoms with Crippen LogP contribution in [0.5, 0.6) is 0 Å². The van der Waals surface area contributed by atoms with E-state index in [1.807, 2.05) is 30.3 Å². The molecule has 0 spiro atoms. The Labute approximate surface area is 348 Å². The predicted octanol–water partition coefficient (Wildman–Crippen LogP) is 5.69. The highest BCUT2D eigenvalue weighted by Crippen LogP contribution is 2.30. The molecule has 3 amide bonds. The average molecular weight is 837 g/mol. The lowest BCUT2D eigenvalue weighted by Gasteiger charge is -2.21. The van der Waals surface area contributed by atoms with Gasteiger partial charge in [-0.2, -0.15) is 5.10 Å². The van der Waals surface area contributed by atoms with Gasteiger partial charge >= 0.3 is 5.69 Å². The number of piperidine rings is 1. The van der Waals surface area contributed by atoms with Crippen LogP contribution in [0.15, 0.2) is 82.5 Å². The normalized spacial score (nSPS) is 15.4. The van der Waals surface area contributed by atoms with Crippen molar-refractivity contribution in [2.75, 3.05) is 36.9 Å². The van der Waals surface area contributed by atoms with Crippen LogP contribution >= 0.6 is 0 Å². The van der Waals surface area contributed by atoms with Crippen molar-refractivity contribution >= 4 is 40.3 Å². The van der Waals surface area contributed by atoms with Gasteiger partial charge in [-0.25, -0.2) is 28.2 Å². The maximum absolute atomic E-state index is 14.0. The predicted molar refractivity (Wildman–Crippen MR) is 221 cm³/mol. The number of rotatable bonds is 19. The molecular weight excluding hydrogens is 791 g/mol. The summed E-state index contributed by atoms with van der Waals surface area (Å²) in [7, 11) is 1.68. The summed E-state index contributed by atoms with van der Waals surface area (Å²) in [5.41, 5.74) is 3.54. The Morgan fingerprint density at radius 3 is 2.59 bits per heavy atom. The number of aryl methyl sites for hydroxylation is 2. The second kappa shape index (κ2) is 18.4. The molecular formula is C43H46F2N10O6. The topological polar surface area (TPSA) is 192 Å². The smallest absolute Gasteiger partial charge is 0.329 e. The molecule has 2 aromatic carbocycles. The summed E-state index contributed by atoms with van der Waals surface area (Å²) in [4.78, 5) is 58.7. The van der Waals surface area contributed by atoms with Crippen molar-refractivity contribution in [2.45, 2.75) is 64.0 Å². The van der Waals surface area contributed by atoms with Gasteiger partial charge in [0.25, 0.3) is 12.3 Å². The zero-order chi connectivity index (χ0) is 42.5. The zero-order valence-corrected chi connectivity index (χ0v) is 33.5. The van der Waals surface area contributed by atoms with E-state index < -0.39 is 30.0 Å². The molecule has 6 aromatic rings.